The Morgan fingerprint density at radius 1 is 1.28 bits per heavy atom. The van der Waals surface area contributed by atoms with Gasteiger partial charge in [0, 0.05) is 0 Å². The molecule has 0 aliphatic carbocycles. The minimum absolute atomic E-state index is 0.0616. The summed E-state index contributed by atoms with van der Waals surface area (Å²) in [5.41, 5.74) is 0. The molecule has 1 N–H and O–H groups in total. The summed E-state index contributed by atoms with van der Waals surface area (Å²) in [6.45, 7) is 5.55. The molecule has 4 nitrogen and oxygen atoms in total. The van der Waals surface area contributed by atoms with Crippen molar-refractivity contribution in [2.75, 3.05) is 13.2 Å². The van der Waals surface area contributed by atoms with Gasteiger partial charge in [-0.3, -0.25) is 4.79 Å². The van der Waals surface area contributed by atoms with Crippen molar-refractivity contribution in [3.63, 3.8) is 0 Å². The monoisotopic (exact) mass is 258 g/mol. The van der Waals surface area contributed by atoms with E-state index in [2.05, 4.69) is 6.92 Å². The molecule has 1 aliphatic rings. The lowest BCUT2D eigenvalue weighted by Crippen LogP contribution is -2.19. The third-order valence-corrected chi connectivity index (χ3v) is 3.68. The van der Waals surface area contributed by atoms with Gasteiger partial charge in [-0.25, -0.2) is 0 Å². The molecule has 1 heterocycles. The maximum atomic E-state index is 11.2. The van der Waals surface area contributed by atoms with Gasteiger partial charge in [-0.05, 0) is 31.6 Å². The molecule has 1 saturated heterocycles. The molecule has 0 amide bonds. The van der Waals surface area contributed by atoms with Crippen molar-refractivity contribution in [1.82, 2.24) is 0 Å². The predicted molar refractivity (Wildman–Crippen MR) is 69.4 cm³/mol. The van der Waals surface area contributed by atoms with Gasteiger partial charge >= 0.3 is 5.97 Å². The highest BCUT2D eigenvalue weighted by Gasteiger charge is 2.23. The van der Waals surface area contributed by atoms with Crippen LogP contribution in [-0.4, -0.2) is 30.6 Å². The highest BCUT2D eigenvalue weighted by Crippen LogP contribution is 2.26. The first kappa shape index (κ1) is 15.4. The van der Waals surface area contributed by atoms with Crippen LogP contribution in [0.3, 0.4) is 0 Å². The Bertz CT molecular complexity index is 236. The first-order valence-corrected chi connectivity index (χ1v) is 7.13. The van der Waals surface area contributed by atoms with Crippen LogP contribution in [-0.2, 0) is 14.3 Å². The second-order valence-electron chi connectivity index (χ2n) is 5.08. The van der Waals surface area contributed by atoms with Crippen molar-refractivity contribution in [2.45, 2.75) is 58.7 Å². The average Bonchev–Trinajstić information content (AvgIpc) is 2.86. The number of carboxylic acids is 1. The Balaban J connectivity index is 2.31. The largest absolute Gasteiger partial charge is 0.481 e. The van der Waals surface area contributed by atoms with Crippen LogP contribution in [0, 0.1) is 11.8 Å². The lowest BCUT2D eigenvalue weighted by Gasteiger charge is -2.20. The molecule has 0 saturated carbocycles. The molecule has 0 aromatic rings. The molecule has 0 aromatic carbocycles. The number of rotatable bonds is 9. The fourth-order valence-corrected chi connectivity index (χ4v) is 2.53. The van der Waals surface area contributed by atoms with E-state index < -0.39 is 5.97 Å². The summed E-state index contributed by atoms with van der Waals surface area (Å²) in [6, 6.07) is 0. The molecule has 106 valence electrons. The SMILES string of the molecule is CCCC(CC(CC)CCC1OCCO1)C(=O)O. The number of hydrogen-bond donors (Lipinski definition) is 1. The zero-order chi connectivity index (χ0) is 13.4. The fourth-order valence-electron chi connectivity index (χ4n) is 2.53. The molecule has 2 atom stereocenters. The minimum Gasteiger partial charge on any atom is -0.481 e. The van der Waals surface area contributed by atoms with Gasteiger partial charge in [0.05, 0.1) is 19.1 Å². The standard InChI is InChI=1S/C14H26O4/c1-3-5-12(14(15)16)10-11(4-2)6-7-13-17-8-9-18-13/h11-13H,3-10H2,1-2H3,(H,15,16). The first-order valence-electron chi connectivity index (χ1n) is 7.13. The minimum atomic E-state index is -0.649. The average molecular weight is 258 g/mol. The van der Waals surface area contributed by atoms with Crippen molar-refractivity contribution >= 4 is 5.97 Å². The molecule has 1 aliphatic heterocycles. The van der Waals surface area contributed by atoms with Crippen molar-refractivity contribution < 1.29 is 19.4 Å². The van der Waals surface area contributed by atoms with Crippen LogP contribution in [0.15, 0.2) is 0 Å². The lowest BCUT2D eigenvalue weighted by molar-refractivity contribution is -0.142. The molecule has 2 unspecified atom stereocenters. The number of carbonyl (C=O) groups is 1. The van der Waals surface area contributed by atoms with Gasteiger partial charge in [-0.15, -0.1) is 0 Å². The third-order valence-electron chi connectivity index (χ3n) is 3.68. The molecular weight excluding hydrogens is 232 g/mol. The predicted octanol–water partition coefficient (Wildman–Crippen LogP) is 3.06. The van der Waals surface area contributed by atoms with E-state index in [0.29, 0.717) is 19.1 Å². The van der Waals surface area contributed by atoms with E-state index in [1.807, 2.05) is 6.92 Å². The number of aliphatic carboxylic acids is 1. The van der Waals surface area contributed by atoms with Gasteiger partial charge in [-0.2, -0.15) is 0 Å². The summed E-state index contributed by atoms with van der Waals surface area (Å²) in [6.07, 6.45) is 5.34. The summed E-state index contributed by atoms with van der Waals surface area (Å²) in [4.78, 5) is 11.2. The Kier molecular flexibility index (Phi) is 7.28. The Labute approximate surface area is 110 Å². The number of hydrogen-bond acceptors (Lipinski definition) is 3. The summed E-state index contributed by atoms with van der Waals surface area (Å²) in [7, 11) is 0. The van der Waals surface area contributed by atoms with Crippen LogP contribution < -0.4 is 0 Å². The van der Waals surface area contributed by atoms with Gasteiger partial charge < -0.3 is 14.6 Å². The molecule has 0 spiro atoms. The molecule has 18 heavy (non-hydrogen) atoms. The van der Waals surface area contributed by atoms with Crippen LogP contribution in [0.25, 0.3) is 0 Å². The van der Waals surface area contributed by atoms with Gasteiger partial charge in [0.25, 0.3) is 0 Å². The third kappa shape index (κ3) is 5.36. The second-order valence-corrected chi connectivity index (χ2v) is 5.08. The first-order chi connectivity index (χ1) is 8.67. The van der Waals surface area contributed by atoms with Crippen LogP contribution in [0.5, 0.6) is 0 Å². The fraction of sp³-hybridized carbons (Fsp3) is 0.929. The van der Waals surface area contributed by atoms with E-state index in [4.69, 9.17) is 9.47 Å². The summed E-state index contributed by atoms with van der Waals surface area (Å²) >= 11 is 0. The quantitative estimate of drug-likeness (QED) is 0.690. The van der Waals surface area contributed by atoms with Gasteiger partial charge in [0.1, 0.15) is 0 Å². The van der Waals surface area contributed by atoms with Crippen molar-refractivity contribution in [3.8, 4) is 0 Å². The normalized spacial score (nSPS) is 19.9. The second kappa shape index (κ2) is 8.48. The van der Waals surface area contributed by atoms with E-state index in [1.54, 1.807) is 0 Å². The van der Waals surface area contributed by atoms with E-state index >= 15 is 0 Å². The molecular formula is C14H26O4. The van der Waals surface area contributed by atoms with E-state index in [-0.39, 0.29) is 12.2 Å². The molecule has 1 rings (SSSR count). The Hall–Kier alpha value is -0.610. The van der Waals surface area contributed by atoms with Gasteiger partial charge in [0.15, 0.2) is 6.29 Å². The zero-order valence-electron chi connectivity index (χ0n) is 11.6. The Morgan fingerprint density at radius 2 is 1.94 bits per heavy atom. The molecule has 0 bridgehead atoms. The molecule has 4 heteroatoms. The van der Waals surface area contributed by atoms with E-state index in [9.17, 15) is 9.90 Å². The maximum absolute atomic E-state index is 11.2. The van der Waals surface area contributed by atoms with Crippen LogP contribution in [0.2, 0.25) is 0 Å². The highest BCUT2D eigenvalue weighted by molar-refractivity contribution is 5.69. The van der Waals surface area contributed by atoms with Crippen LogP contribution in [0.4, 0.5) is 0 Å². The van der Waals surface area contributed by atoms with Crippen LogP contribution in [0.1, 0.15) is 52.4 Å². The molecule has 0 radical (unpaired) electrons. The van der Waals surface area contributed by atoms with E-state index in [1.165, 1.54) is 0 Å². The summed E-state index contributed by atoms with van der Waals surface area (Å²) in [5.74, 6) is -0.375. The maximum Gasteiger partial charge on any atom is 0.306 e. The van der Waals surface area contributed by atoms with Crippen molar-refractivity contribution in [3.05, 3.63) is 0 Å². The number of ether oxygens (including phenoxy) is 2. The topological polar surface area (TPSA) is 55.8 Å². The van der Waals surface area contributed by atoms with Gasteiger partial charge in [0.2, 0.25) is 0 Å². The zero-order valence-corrected chi connectivity index (χ0v) is 11.6. The molecule has 0 aromatic heterocycles. The molecule has 1 fully saturated rings. The van der Waals surface area contributed by atoms with Crippen LogP contribution >= 0.6 is 0 Å². The summed E-state index contributed by atoms with van der Waals surface area (Å²) in [5, 5.41) is 9.18. The lowest BCUT2D eigenvalue weighted by atomic mass is 9.87. The van der Waals surface area contributed by atoms with Crippen molar-refractivity contribution in [2.24, 2.45) is 11.8 Å². The van der Waals surface area contributed by atoms with Crippen molar-refractivity contribution in [1.29, 1.82) is 0 Å². The smallest absolute Gasteiger partial charge is 0.306 e. The highest BCUT2D eigenvalue weighted by atomic mass is 16.7. The van der Waals surface area contributed by atoms with Gasteiger partial charge in [-0.1, -0.05) is 26.7 Å². The Morgan fingerprint density at radius 3 is 2.44 bits per heavy atom. The van der Waals surface area contributed by atoms with E-state index in [0.717, 1.165) is 38.5 Å². The summed E-state index contributed by atoms with van der Waals surface area (Å²) < 4.78 is 10.8. The number of carboxylic acid groups (broad SMARTS) is 1.